The Morgan fingerprint density at radius 1 is 1.36 bits per heavy atom. The second-order valence-corrected chi connectivity index (χ2v) is 6.26. The highest BCUT2D eigenvalue weighted by molar-refractivity contribution is 7.12. The molecule has 1 N–H and O–H groups in total. The second kappa shape index (κ2) is 6.32. The van der Waals surface area contributed by atoms with Crippen LogP contribution in [0.1, 0.15) is 38.9 Å². The SMILES string of the molecule is CC(=O)c1cc(C(=O)NC[C@H]2CCc3ccccc3O2)cs1. The Hall–Kier alpha value is -2.14. The van der Waals surface area contributed by atoms with E-state index in [-0.39, 0.29) is 17.8 Å². The molecule has 1 aliphatic rings. The molecule has 0 unspecified atom stereocenters. The lowest BCUT2D eigenvalue weighted by Crippen LogP contribution is -2.37. The zero-order chi connectivity index (χ0) is 15.5. The molecule has 114 valence electrons. The minimum atomic E-state index is -0.161. The molecule has 0 saturated heterocycles. The van der Waals surface area contributed by atoms with Crippen molar-refractivity contribution in [3.05, 3.63) is 51.7 Å². The first-order chi connectivity index (χ1) is 10.6. The molecule has 1 aliphatic heterocycles. The van der Waals surface area contributed by atoms with Crippen LogP contribution in [0.2, 0.25) is 0 Å². The number of Topliss-reactive ketones (excluding diaryl/α,β-unsaturated/α-hetero) is 1. The van der Waals surface area contributed by atoms with Crippen molar-refractivity contribution in [2.24, 2.45) is 0 Å². The normalized spacial score (nSPS) is 16.5. The fourth-order valence-corrected chi connectivity index (χ4v) is 3.26. The first-order valence-corrected chi connectivity index (χ1v) is 8.13. The van der Waals surface area contributed by atoms with Gasteiger partial charge in [0.25, 0.3) is 5.91 Å². The summed E-state index contributed by atoms with van der Waals surface area (Å²) in [6.07, 6.45) is 1.84. The van der Waals surface area contributed by atoms with Gasteiger partial charge >= 0.3 is 0 Å². The molecule has 0 bridgehead atoms. The molecule has 1 amide bonds. The number of carbonyl (C=O) groups is 2. The number of benzene rings is 1. The second-order valence-electron chi connectivity index (χ2n) is 5.35. The molecule has 2 aromatic rings. The van der Waals surface area contributed by atoms with Gasteiger partial charge in [-0.15, -0.1) is 11.3 Å². The molecule has 1 atom stereocenters. The molecule has 0 aliphatic carbocycles. The summed E-state index contributed by atoms with van der Waals surface area (Å²) in [5, 5.41) is 4.59. The zero-order valence-electron chi connectivity index (χ0n) is 12.3. The average molecular weight is 315 g/mol. The van der Waals surface area contributed by atoms with Gasteiger partial charge in [0.15, 0.2) is 5.78 Å². The molecule has 0 saturated carbocycles. The summed E-state index contributed by atoms with van der Waals surface area (Å²) in [5.41, 5.74) is 1.75. The number of nitrogens with one attached hydrogen (secondary N) is 1. The highest BCUT2D eigenvalue weighted by Gasteiger charge is 2.20. The van der Waals surface area contributed by atoms with Gasteiger partial charge in [-0.05, 0) is 37.5 Å². The number of fused-ring (bicyclic) bond motifs is 1. The van der Waals surface area contributed by atoms with Crippen LogP contribution in [0.3, 0.4) is 0 Å². The molecule has 0 fully saturated rings. The quantitative estimate of drug-likeness (QED) is 0.882. The number of thiophene rings is 1. The third kappa shape index (κ3) is 3.20. The van der Waals surface area contributed by atoms with Crippen LogP contribution in [0.15, 0.2) is 35.7 Å². The highest BCUT2D eigenvalue weighted by Crippen LogP contribution is 2.26. The van der Waals surface area contributed by atoms with E-state index in [0.29, 0.717) is 17.0 Å². The number of hydrogen-bond donors (Lipinski definition) is 1. The van der Waals surface area contributed by atoms with Crippen LogP contribution < -0.4 is 10.1 Å². The van der Waals surface area contributed by atoms with E-state index in [4.69, 9.17) is 4.74 Å². The molecule has 5 heteroatoms. The fourth-order valence-electron chi connectivity index (χ4n) is 2.47. The maximum Gasteiger partial charge on any atom is 0.252 e. The van der Waals surface area contributed by atoms with E-state index in [1.54, 1.807) is 11.4 Å². The van der Waals surface area contributed by atoms with Crippen molar-refractivity contribution >= 4 is 23.0 Å². The number of amides is 1. The van der Waals surface area contributed by atoms with Crippen LogP contribution in [0.25, 0.3) is 0 Å². The molecule has 22 heavy (non-hydrogen) atoms. The maximum atomic E-state index is 12.1. The Kier molecular flexibility index (Phi) is 4.24. The molecule has 4 nitrogen and oxygen atoms in total. The number of carbonyl (C=O) groups excluding carboxylic acids is 2. The van der Waals surface area contributed by atoms with Crippen molar-refractivity contribution in [2.45, 2.75) is 25.9 Å². The Morgan fingerprint density at radius 3 is 2.95 bits per heavy atom. The number of para-hydroxylation sites is 1. The van der Waals surface area contributed by atoms with Gasteiger partial charge in [0, 0.05) is 5.38 Å². The smallest absolute Gasteiger partial charge is 0.252 e. The minimum absolute atomic E-state index is 0.00948. The van der Waals surface area contributed by atoms with E-state index >= 15 is 0 Å². The third-order valence-corrected chi connectivity index (χ3v) is 4.73. The number of aryl methyl sites for hydroxylation is 1. The molecule has 0 spiro atoms. The standard InChI is InChI=1S/C17H17NO3S/c1-11(19)16-8-13(10-22-16)17(20)18-9-14-7-6-12-4-2-3-5-15(12)21-14/h2-5,8,10,14H,6-7,9H2,1H3,(H,18,20)/t14-/m1/s1. The van der Waals surface area contributed by atoms with Gasteiger partial charge in [0.2, 0.25) is 0 Å². The molecule has 2 heterocycles. The number of rotatable bonds is 4. The van der Waals surface area contributed by atoms with Crippen LogP contribution in [-0.2, 0) is 6.42 Å². The lowest BCUT2D eigenvalue weighted by atomic mass is 10.0. The maximum absolute atomic E-state index is 12.1. The van der Waals surface area contributed by atoms with Gasteiger partial charge in [0.1, 0.15) is 11.9 Å². The van der Waals surface area contributed by atoms with Crippen LogP contribution in [0.4, 0.5) is 0 Å². The summed E-state index contributed by atoms with van der Waals surface area (Å²) in [5.74, 6) is 0.727. The van der Waals surface area contributed by atoms with E-state index in [0.717, 1.165) is 18.6 Å². The first-order valence-electron chi connectivity index (χ1n) is 7.25. The van der Waals surface area contributed by atoms with Gasteiger partial charge in [-0.3, -0.25) is 9.59 Å². The number of hydrogen-bond acceptors (Lipinski definition) is 4. The van der Waals surface area contributed by atoms with Crippen molar-refractivity contribution in [1.82, 2.24) is 5.32 Å². The van der Waals surface area contributed by atoms with Gasteiger partial charge < -0.3 is 10.1 Å². The lowest BCUT2D eigenvalue weighted by Gasteiger charge is -2.26. The van der Waals surface area contributed by atoms with Gasteiger partial charge in [-0.1, -0.05) is 18.2 Å². The Bertz CT molecular complexity index is 707. The van der Waals surface area contributed by atoms with Crippen molar-refractivity contribution in [3.8, 4) is 5.75 Å². The van der Waals surface area contributed by atoms with Crippen LogP contribution in [0, 0.1) is 0 Å². The minimum Gasteiger partial charge on any atom is -0.488 e. The van der Waals surface area contributed by atoms with E-state index in [1.165, 1.54) is 23.8 Å². The van der Waals surface area contributed by atoms with E-state index in [9.17, 15) is 9.59 Å². The van der Waals surface area contributed by atoms with E-state index in [1.807, 2.05) is 18.2 Å². The molecule has 3 rings (SSSR count). The summed E-state index contributed by atoms with van der Waals surface area (Å²) in [6, 6.07) is 9.63. The molecular weight excluding hydrogens is 298 g/mol. The van der Waals surface area contributed by atoms with Crippen molar-refractivity contribution in [2.75, 3.05) is 6.54 Å². The number of ketones is 1. The van der Waals surface area contributed by atoms with Crippen molar-refractivity contribution < 1.29 is 14.3 Å². The van der Waals surface area contributed by atoms with Crippen LogP contribution in [0.5, 0.6) is 5.75 Å². The van der Waals surface area contributed by atoms with Crippen LogP contribution >= 0.6 is 11.3 Å². The molecular formula is C17H17NO3S. The van der Waals surface area contributed by atoms with Gasteiger partial charge in [-0.2, -0.15) is 0 Å². The summed E-state index contributed by atoms with van der Waals surface area (Å²) in [4.78, 5) is 24.0. The summed E-state index contributed by atoms with van der Waals surface area (Å²) < 4.78 is 5.90. The van der Waals surface area contributed by atoms with Crippen molar-refractivity contribution in [1.29, 1.82) is 0 Å². The predicted octanol–water partition coefficient (Wildman–Crippen LogP) is 3.07. The average Bonchev–Trinajstić information content (AvgIpc) is 3.03. The predicted molar refractivity (Wildman–Crippen MR) is 85.8 cm³/mol. The Labute approximate surface area is 133 Å². The molecule has 0 radical (unpaired) electrons. The zero-order valence-corrected chi connectivity index (χ0v) is 13.1. The largest absolute Gasteiger partial charge is 0.488 e. The van der Waals surface area contributed by atoms with Gasteiger partial charge in [0.05, 0.1) is 17.0 Å². The van der Waals surface area contributed by atoms with Crippen LogP contribution in [-0.4, -0.2) is 24.3 Å². The lowest BCUT2D eigenvalue weighted by molar-refractivity contribution is 0.0918. The van der Waals surface area contributed by atoms with E-state index in [2.05, 4.69) is 11.4 Å². The third-order valence-electron chi connectivity index (χ3n) is 3.70. The topological polar surface area (TPSA) is 55.4 Å². The van der Waals surface area contributed by atoms with Crippen molar-refractivity contribution in [3.63, 3.8) is 0 Å². The van der Waals surface area contributed by atoms with Gasteiger partial charge in [-0.25, -0.2) is 0 Å². The monoisotopic (exact) mass is 315 g/mol. The van der Waals surface area contributed by atoms with E-state index < -0.39 is 0 Å². The Morgan fingerprint density at radius 2 is 2.18 bits per heavy atom. The Balaban J connectivity index is 1.56. The molecule has 1 aromatic carbocycles. The summed E-state index contributed by atoms with van der Waals surface area (Å²) in [6.45, 7) is 1.97. The summed E-state index contributed by atoms with van der Waals surface area (Å²) in [7, 11) is 0. The first kappa shape index (κ1) is 14.8. The molecule has 1 aromatic heterocycles. The summed E-state index contributed by atoms with van der Waals surface area (Å²) >= 11 is 1.30. The number of ether oxygens (including phenoxy) is 1. The fraction of sp³-hybridized carbons (Fsp3) is 0.294. The highest BCUT2D eigenvalue weighted by atomic mass is 32.1.